The molecule has 1 fully saturated rings. The third-order valence-electron chi connectivity index (χ3n) is 4.52. The number of nitrogens with one attached hydrogen (secondary N) is 1. The van der Waals surface area contributed by atoms with Crippen molar-refractivity contribution in [3.05, 3.63) is 34.9 Å². The summed E-state index contributed by atoms with van der Waals surface area (Å²) < 4.78 is 5.45. The summed E-state index contributed by atoms with van der Waals surface area (Å²) in [5.74, 6) is 0.0905. The van der Waals surface area contributed by atoms with E-state index in [0.717, 1.165) is 31.6 Å². The lowest BCUT2D eigenvalue weighted by Gasteiger charge is -2.42. The molecule has 1 N–H and O–H groups in total. The van der Waals surface area contributed by atoms with Crippen LogP contribution in [0.4, 0.5) is 0 Å². The summed E-state index contributed by atoms with van der Waals surface area (Å²) in [6, 6.07) is 7.67. The van der Waals surface area contributed by atoms with Gasteiger partial charge in [0, 0.05) is 36.7 Å². The van der Waals surface area contributed by atoms with Crippen LogP contribution in [0, 0.1) is 0 Å². The van der Waals surface area contributed by atoms with Gasteiger partial charge >= 0.3 is 0 Å². The van der Waals surface area contributed by atoms with Gasteiger partial charge in [-0.25, -0.2) is 0 Å². The monoisotopic (exact) mass is 324 g/mol. The Hall–Kier alpha value is -1.10. The summed E-state index contributed by atoms with van der Waals surface area (Å²) in [7, 11) is 4.15. The Morgan fingerprint density at radius 2 is 2.09 bits per heavy atom. The Balaban J connectivity index is 1.81. The number of rotatable bonds is 6. The van der Waals surface area contributed by atoms with Gasteiger partial charge in [0.15, 0.2) is 0 Å². The van der Waals surface area contributed by atoms with Gasteiger partial charge in [-0.3, -0.25) is 4.79 Å². The number of carbonyl (C=O) groups excluding carboxylic acids is 1. The zero-order chi connectivity index (χ0) is 16.0. The number of hydrogen-bond acceptors (Lipinski definition) is 3. The topological polar surface area (TPSA) is 41.6 Å². The molecule has 1 aliphatic heterocycles. The number of carbonyl (C=O) groups is 1. The van der Waals surface area contributed by atoms with E-state index in [1.54, 1.807) is 0 Å². The molecule has 2 rings (SSSR count). The van der Waals surface area contributed by atoms with Crippen molar-refractivity contribution in [2.24, 2.45) is 0 Å². The number of likely N-dealkylation sites (N-methyl/N-ethyl adjacent to an activating group) is 1. The van der Waals surface area contributed by atoms with Gasteiger partial charge in [-0.05, 0) is 51.1 Å². The zero-order valence-electron chi connectivity index (χ0n) is 13.4. The fourth-order valence-corrected chi connectivity index (χ4v) is 3.05. The maximum absolute atomic E-state index is 12.1. The van der Waals surface area contributed by atoms with E-state index < -0.39 is 0 Å². The second kappa shape index (κ2) is 7.95. The normalized spacial score (nSPS) is 17.5. The molecule has 1 aliphatic rings. The van der Waals surface area contributed by atoms with Gasteiger partial charge in [0.2, 0.25) is 5.91 Å². The minimum Gasteiger partial charge on any atom is -0.381 e. The van der Waals surface area contributed by atoms with Gasteiger partial charge < -0.3 is 15.0 Å². The molecule has 22 heavy (non-hydrogen) atoms. The van der Waals surface area contributed by atoms with E-state index >= 15 is 0 Å². The highest BCUT2D eigenvalue weighted by Gasteiger charge is 2.34. The third kappa shape index (κ3) is 4.70. The quantitative estimate of drug-likeness (QED) is 0.874. The molecular formula is C17H25ClN2O2. The molecule has 1 aromatic rings. The second-order valence-corrected chi connectivity index (χ2v) is 6.57. The summed E-state index contributed by atoms with van der Waals surface area (Å²) in [5.41, 5.74) is 1.11. The Morgan fingerprint density at radius 1 is 1.36 bits per heavy atom. The minimum atomic E-state index is 0.0178. The van der Waals surface area contributed by atoms with Crippen LogP contribution in [0.15, 0.2) is 24.3 Å². The van der Waals surface area contributed by atoms with E-state index in [1.165, 1.54) is 0 Å². The average molecular weight is 325 g/mol. The highest BCUT2D eigenvalue weighted by atomic mass is 35.5. The van der Waals surface area contributed by atoms with Crippen molar-refractivity contribution in [2.45, 2.75) is 31.2 Å². The summed E-state index contributed by atoms with van der Waals surface area (Å²) in [5, 5.41) is 3.80. The van der Waals surface area contributed by atoms with Gasteiger partial charge in [-0.2, -0.15) is 0 Å². The van der Waals surface area contributed by atoms with Crippen LogP contribution in [0.25, 0.3) is 0 Å². The number of halogens is 1. The van der Waals surface area contributed by atoms with Crippen LogP contribution < -0.4 is 5.32 Å². The first-order valence-electron chi connectivity index (χ1n) is 7.78. The lowest BCUT2D eigenvalue weighted by molar-refractivity contribution is -0.122. The molecule has 0 saturated carbocycles. The Kier molecular flexibility index (Phi) is 6.24. The van der Waals surface area contributed by atoms with Gasteiger partial charge in [-0.15, -0.1) is 0 Å². The molecule has 0 aromatic heterocycles. The van der Waals surface area contributed by atoms with Crippen molar-refractivity contribution in [2.75, 3.05) is 33.9 Å². The smallest absolute Gasteiger partial charge is 0.220 e. The maximum atomic E-state index is 12.1. The van der Waals surface area contributed by atoms with E-state index in [9.17, 15) is 4.79 Å². The van der Waals surface area contributed by atoms with E-state index in [-0.39, 0.29) is 11.4 Å². The van der Waals surface area contributed by atoms with E-state index in [4.69, 9.17) is 16.3 Å². The lowest BCUT2D eigenvalue weighted by atomic mass is 9.88. The SMILES string of the molecule is CN(C)C1(CNC(=O)CCc2cccc(Cl)c2)CCOCC1. The molecule has 1 saturated heterocycles. The molecule has 0 aliphatic carbocycles. The van der Waals surface area contributed by atoms with Gasteiger partial charge in [-0.1, -0.05) is 23.7 Å². The summed E-state index contributed by atoms with van der Waals surface area (Å²) in [6.45, 7) is 2.20. The van der Waals surface area contributed by atoms with Crippen LogP contribution in [0.3, 0.4) is 0 Å². The van der Waals surface area contributed by atoms with Crippen LogP contribution in [0.1, 0.15) is 24.8 Å². The Labute approximate surface area is 137 Å². The number of aryl methyl sites for hydroxylation is 1. The second-order valence-electron chi connectivity index (χ2n) is 6.14. The molecule has 0 bridgehead atoms. The van der Waals surface area contributed by atoms with Crippen LogP contribution in [-0.4, -0.2) is 50.2 Å². The lowest BCUT2D eigenvalue weighted by Crippen LogP contribution is -2.55. The molecule has 0 radical (unpaired) electrons. The fourth-order valence-electron chi connectivity index (χ4n) is 2.84. The standard InChI is InChI=1S/C17H25ClN2O2/c1-20(2)17(8-10-22-11-9-17)13-19-16(21)7-6-14-4-3-5-15(18)12-14/h3-5,12H,6-11,13H2,1-2H3,(H,19,21). The number of amides is 1. The van der Waals surface area contributed by atoms with Gasteiger partial charge in [0.05, 0.1) is 0 Å². The first-order chi connectivity index (χ1) is 10.5. The minimum absolute atomic E-state index is 0.0178. The predicted octanol–water partition coefficient (Wildman–Crippen LogP) is 2.50. The maximum Gasteiger partial charge on any atom is 0.220 e. The van der Waals surface area contributed by atoms with Crippen molar-refractivity contribution in [1.82, 2.24) is 10.2 Å². The van der Waals surface area contributed by atoms with Crippen molar-refractivity contribution < 1.29 is 9.53 Å². The van der Waals surface area contributed by atoms with Crippen molar-refractivity contribution in [1.29, 1.82) is 0 Å². The van der Waals surface area contributed by atoms with Crippen LogP contribution in [-0.2, 0) is 16.0 Å². The summed E-state index contributed by atoms with van der Waals surface area (Å²) >= 11 is 5.96. The van der Waals surface area contributed by atoms with Crippen molar-refractivity contribution in [3.8, 4) is 0 Å². The highest BCUT2D eigenvalue weighted by Crippen LogP contribution is 2.25. The third-order valence-corrected chi connectivity index (χ3v) is 4.75. The predicted molar refractivity (Wildman–Crippen MR) is 89.3 cm³/mol. The molecule has 0 atom stereocenters. The number of hydrogen-bond donors (Lipinski definition) is 1. The molecule has 4 nitrogen and oxygen atoms in total. The summed E-state index contributed by atoms with van der Waals surface area (Å²) in [6.07, 6.45) is 3.11. The van der Waals surface area contributed by atoms with E-state index in [2.05, 4.69) is 24.3 Å². The Bertz CT molecular complexity index is 499. The van der Waals surface area contributed by atoms with E-state index in [1.807, 2.05) is 24.3 Å². The largest absolute Gasteiger partial charge is 0.381 e. The number of nitrogens with zero attached hydrogens (tertiary/aromatic N) is 1. The summed E-state index contributed by atoms with van der Waals surface area (Å²) in [4.78, 5) is 14.3. The zero-order valence-corrected chi connectivity index (χ0v) is 14.2. The van der Waals surface area contributed by atoms with Crippen molar-refractivity contribution >= 4 is 17.5 Å². The molecule has 0 spiro atoms. The molecule has 1 heterocycles. The fraction of sp³-hybridized carbons (Fsp3) is 0.588. The van der Waals surface area contributed by atoms with E-state index in [0.29, 0.717) is 24.4 Å². The van der Waals surface area contributed by atoms with Crippen molar-refractivity contribution in [3.63, 3.8) is 0 Å². The average Bonchev–Trinajstić information content (AvgIpc) is 2.52. The number of ether oxygens (including phenoxy) is 1. The highest BCUT2D eigenvalue weighted by molar-refractivity contribution is 6.30. The number of benzene rings is 1. The van der Waals surface area contributed by atoms with Crippen LogP contribution in [0.5, 0.6) is 0 Å². The Morgan fingerprint density at radius 3 is 2.73 bits per heavy atom. The first kappa shape index (κ1) is 17.3. The molecule has 122 valence electrons. The first-order valence-corrected chi connectivity index (χ1v) is 8.16. The van der Waals surface area contributed by atoms with Crippen LogP contribution >= 0.6 is 11.6 Å². The van der Waals surface area contributed by atoms with Crippen LogP contribution in [0.2, 0.25) is 5.02 Å². The molecule has 0 unspecified atom stereocenters. The molecule has 1 amide bonds. The molecule has 1 aromatic carbocycles. The van der Waals surface area contributed by atoms with Gasteiger partial charge in [0.1, 0.15) is 0 Å². The molecule has 5 heteroatoms. The molecular weight excluding hydrogens is 300 g/mol. The van der Waals surface area contributed by atoms with Gasteiger partial charge in [0.25, 0.3) is 0 Å².